The van der Waals surface area contributed by atoms with E-state index >= 15 is 0 Å². The number of sulfonamides is 1. The Balaban J connectivity index is 1.48. The van der Waals surface area contributed by atoms with Crippen molar-refractivity contribution in [3.8, 4) is 0 Å². The molecule has 3 aliphatic rings. The van der Waals surface area contributed by atoms with Crippen LogP contribution in [0.4, 0.5) is 5.69 Å². The highest BCUT2D eigenvalue weighted by molar-refractivity contribution is 7.93. The number of piperidine rings is 1. The molecule has 1 amide bonds. The summed E-state index contributed by atoms with van der Waals surface area (Å²) in [5, 5.41) is 3.45. The van der Waals surface area contributed by atoms with Gasteiger partial charge in [0.25, 0.3) is 5.91 Å². The SMILES string of the molecule is Cc1cc(N2CCCS2(=O)=O)ccc1C(=O)N1CCC2(CCNC2)CC1. The van der Waals surface area contributed by atoms with Crippen LogP contribution in [0.2, 0.25) is 0 Å². The highest BCUT2D eigenvalue weighted by atomic mass is 32.2. The van der Waals surface area contributed by atoms with Crippen LogP contribution in [0.5, 0.6) is 0 Å². The lowest BCUT2D eigenvalue weighted by Gasteiger charge is -2.39. The van der Waals surface area contributed by atoms with Crippen molar-refractivity contribution in [1.29, 1.82) is 0 Å². The third-order valence-electron chi connectivity index (χ3n) is 6.27. The number of nitrogens with one attached hydrogen (secondary N) is 1. The molecule has 0 radical (unpaired) electrons. The molecule has 0 bridgehead atoms. The maximum atomic E-state index is 13.0. The predicted octanol–water partition coefficient (Wildman–Crippen LogP) is 1.75. The molecular weight excluding hydrogens is 350 g/mol. The lowest BCUT2D eigenvalue weighted by atomic mass is 9.77. The molecule has 3 heterocycles. The predicted molar refractivity (Wildman–Crippen MR) is 102 cm³/mol. The summed E-state index contributed by atoms with van der Waals surface area (Å²) in [6.45, 7) is 6.20. The molecule has 7 heteroatoms. The normalized spacial score (nSPS) is 24.3. The number of rotatable bonds is 2. The fourth-order valence-electron chi connectivity index (χ4n) is 4.55. The van der Waals surface area contributed by atoms with Crippen LogP contribution in [0, 0.1) is 12.3 Å². The van der Waals surface area contributed by atoms with Crippen LogP contribution in [0.15, 0.2) is 18.2 Å². The Morgan fingerprint density at radius 1 is 1.15 bits per heavy atom. The molecule has 0 aliphatic carbocycles. The monoisotopic (exact) mass is 377 g/mol. The van der Waals surface area contributed by atoms with E-state index in [9.17, 15) is 13.2 Å². The maximum Gasteiger partial charge on any atom is 0.254 e. The van der Waals surface area contributed by atoms with Crippen LogP contribution in [0.3, 0.4) is 0 Å². The zero-order valence-electron chi connectivity index (χ0n) is 15.3. The number of carbonyl (C=O) groups excluding carboxylic acids is 1. The minimum absolute atomic E-state index is 0.0686. The highest BCUT2D eigenvalue weighted by Gasteiger charge is 2.38. The molecule has 1 spiro atoms. The Hall–Kier alpha value is -1.60. The van der Waals surface area contributed by atoms with Crippen LogP contribution >= 0.6 is 0 Å². The van der Waals surface area contributed by atoms with Crippen molar-refractivity contribution in [1.82, 2.24) is 10.2 Å². The summed E-state index contributed by atoms with van der Waals surface area (Å²) in [5.74, 6) is 0.274. The van der Waals surface area contributed by atoms with Crippen molar-refractivity contribution in [2.45, 2.75) is 32.6 Å². The summed E-state index contributed by atoms with van der Waals surface area (Å²) in [4.78, 5) is 14.9. The van der Waals surface area contributed by atoms with Crippen molar-refractivity contribution in [3.05, 3.63) is 29.3 Å². The lowest BCUT2D eigenvalue weighted by molar-refractivity contribution is 0.0607. The van der Waals surface area contributed by atoms with Crippen LogP contribution in [0.25, 0.3) is 0 Å². The number of anilines is 1. The van der Waals surface area contributed by atoms with Gasteiger partial charge in [0.1, 0.15) is 0 Å². The number of benzene rings is 1. The van der Waals surface area contributed by atoms with Gasteiger partial charge in [0.05, 0.1) is 11.4 Å². The van der Waals surface area contributed by atoms with Crippen molar-refractivity contribution >= 4 is 21.6 Å². The quantitative estimate of drug-likeness (QED) is 0.853. The summed E-state index contributed by atoms with van der Waals surface area (Å²) in [5.41, 5.74) is 2.59. The highest BCUT2D eigenvalue weighted by Crippen LogP contribution is 2.37. The standard InChI is InChI=1S/C19H27N3O3S/c1-15-13-16(22-9-2-12-26(22,24)25)3-4-17(15)18(23)21-10-6-19(7-11-21)5-8-20-14-19/h3-4,13,20H,2,5-12,14H2,1H3. The Morgan fingerprint density at radius 3 is 2.50 bits per heavy atom. The molecule has 0 aromatic heterocycles. The van der Waals surface area contributed by atoms with E-state index in [0.29, 0.717) is 29.6 Å². The molecule has 26 heavy (non-hydrogen) atoms. The summed E-state index contributed by atoms with van der Waals surface area (Å²) < 4.78 is 25.7. The van der Waals surface area contributed by atoms with Crippen LogP contribution in [-0.2, 0) is 10.0 Å². The van der Waals surface area contributed by atoms with Crippen molar-refractivity contribution < 1.29 is 13.2 Å². The van der Waals surface area contributed by atoms with Gasteiger partial charge in [0, 0.05) is 31.7 Å². The van der Waals surface area contributed by atoms with Gasteiger partial charge < -0.3 is 10.2 Å². The van der Waals surface area contributed by atoms with Gasteiger partial charge >= 0.3 is 0 Å². The summed E-state index contributed by atoms with van der Waals surface area (Å²) in [6, 6.07) is 5.40. The fourth-order valence-corrected chi connectivity index (χ4v) is 6.11. The fraction of sp³-hybridized carbons (Fsp3) is 0.632. The van der Waals surface area contributed by atoms with E-state index in [-0.39, 0.29) is 11.7 Å². The Labute approximate surface area is 155 Å². The number of hydrogen-bond donors (Lipinski definition) is 1. The van der Waals surface area contributed by atoms with Crippen LogP contribution in [0.1, 0.15) is 41.6 Å². The zero-order valence-corrected chi connectivity index (χ0v) is 16.1. The largest absolute Gasteiger partial charge is 0.339 e. The Kier molecular flexibility index (Phi) is 4.47. The number of amides is 1. The van der Waals surface area contributed by atoms with Crippen molar-refractivity contribution in [2.24, 2.45) is 5.41 Å². The molecule has 3 fully saturated rings. The molecule has 1 aromatic carbocycles. The molecule has 3 saturated heterocycles. The molecule has 6 nitrogen and oxygen atoms in total. The number of nitrogens with zero attached hydrogens (tertiary/aromatic N) is 2. The van der Waals surface area contributed by atoms with E-state index in [1.54, 1.807) is 12.1 Å². The molecule has 1 N–H and O–H groups in total. The smallest absolute Gasteiger partial charge is 0.254 e. The van der Waals surface area contributed by atoms with E-state index in [0.717, 1.165) is 44.6 Å². The lowest BCUT2D eigenvalue weighted by Crippen LogP contribution is -2.44. The third-order valence-corrected chi connectivity index (χ3v) is 8.14. The van der Waals surface area contributed by atoms with Crippen molar-refractivity contribution in [3.63, 3.8) is 0 Å². The first-order valence-electron chi connectivity index (χ1n) is 9.51. The number of aryl methyl sites for hydroxylation is 1. The number of carbonyl (C=O) groups is 1. The molecule has 0 unspecified atom stereocenters. The van der Waals surface area contributed by atoms with Crippen LogP contribution < -0.4 is 9.62 Å². The molecule has 1 aromatic rings. The molecule has 3 aliphatic heterocycles. The topological polar surface area (TPSA) is 69.7 Å². The van der Waals surface area contributed by atoms with E-state index in [1.807, 2.05) is 17.9 Å². The minimum atomic E-state index is -3.19. The van der Waals surface area contributed by atoms with Gasteiger partial charge in [-0.05, 0) is 68.3 Å². The van der Waals surface area contributed by atoms with E-state index in [2.05, 4.69) is 5.32 Å². The molecule has 0 saturated carbocycles. The molecule has 4 rings (SSSR count). The average molecular weight is 378 g/mol. The van der Waals surface area contributed by atoms with E-state index in [4.69, 9.17) is 0 Å². The molecular formula is C19H27N3O3S. The third kappa shape index (κ3) is 3.11. The van der Waals surface area contributed by atoms with Gasteiger partial charge in [-0.2, -0.15) is 0 Å². The first-order valence-corrected chi connectivity index (χ1v) is 11.1. The summed E-state index contributed by atoms with van der Waals surface area (Å²) in [6.07, 6.45) is 4.00. The van der Waals surface area contributed by atoms with Gasteiger partial charge in [-0.1, -0.05) is 0 Å². The van der Waals surface area contributed by atoms with E-state index in [1.165, 1.54) is 10.7 Å². The van der Waals surface area contributed by atoms with Gasteiger partial charge in [-0.15, -0.1) is 0 Å². The van der Waals surface area contributed by atoms with Gasteiger partial charge in [-0.3, -0.25) is 9.10 Å². The van der Waals surface area contributed by atoms with Gasteiger partial charge in [0.15, 0.2) is 0 Å². The Bertz CT molecular complexity index is 805. The van der Waals surface area contributed by atoms with Crippen LogP contribution in [-0.4, -0.2) is 57.7 Å². The summed E-state index contributed by atoms with van der Waals surface area (Å²) in [7, 11) is -3.19. The second-order valence-electron chi connectivity index (χ2n) is 7.96. The Morgan fingerprint density at radius 2 is 1.92 bits per heavy atom. The zero-order chi connectivity index (χ0) is 18.4. The second-order valence-corrected chi connectivity index (χ2v) is 9.97. The first kappa shape index (κ1) is 17.8. The average Bonchev–Trinajstić information content (AvgIpc) is 3.21. The number of likely N-dealkylation sites (tertiary alicyclic amines) is 1. The summed E-state index contributed by atoms with van der Waals surface area (Å²) >= 11 is 0. The molecule has 0 atom stereocenters. The maximum absolute atomic E-state index is 13.0. The molecule has 142 valence electrons. The minimum Gasteiger partial charge on any atom is -0.339 e. The van der Waals surface area contributed by atoms with Gasteiger partial charge in [-0.25, -0.2) is 8.42 Å². The number of hydrogen-bond acceptors (Lipinski definition) is 4. The van der Waals surface area contributed by atoms with Gasteiger partial charge in [0.2, 0.25) is 10.0 Å². The van der Waals surface area contributed by atoms with Crippen molar-refractivity contribution in [2.75, 3.05) is 42.8 Å². The first-order chi connectivity index (χ1) is 12.4. The van der Waals surface area contributed by atoms with E-state index < -0.39 is 10.0 Å². The second kappa shape index (κ2) is 6.53.